The van der Waals surface area contributed by atoms with Gasteiger partial charge in [0.1, 0.15) is 5.69 Å². The third-order valence-corrected chi connectivity index (χ3v) is 1.27. The third-order valence-electron chi connectivity index (χ3n) is 1.27. The van der Waals surface area contributed by atoms with Crippen molar-refractivity contribution in [2.24, 2.45) is 0 Å². The molecule has 0 saturated carbocycles. The van der Waals surface area contributed by atoms with Crippen LogP contribution in [0.25, 0.3) is 5.70 Å². The first-order valence-electron chi connectivity index (χ1n) is 2.62. The highest BCUT2D eigenvalue weighted by Gasteiger charge is 2.14. The maximum atomic E-state index is 3.96. The van der Waals surface area contributed by atoms with Crippen LogP contribution in [-0.4, -0.2) is 9.97 Å². The zero-order valence-corrected chi connectivity index (χ0v) is 4.73. The fourth-order valence-corrected chi connectivity index (χ4v) is 0.816. The minimum absolute atomic E-state index is 0.819. The third kappa shape index (κ3) is 0.440. The fraction of sp³-hybridized carbons (Fsp3) is 0. The van der Waals surface area contributed by atoms with Crippen molar-refractivity contribution >= 4 is 11.5 Å². The Balaban J connectivity index is 2.61. The Hall–Kier alpha value is -1.45. The van der Waals surface area contributed by atoms with Gasteiger partial charge < -0.3 is 4.98 Å². The first-order valence-corrected chi connectivity index (χ1v) is 2.62. The summed E-state index contributed by atoms with van der Waals surface area (Å²) in [6, 6.07) is 0. The van der Waals surface area contributed by atoms with E-state index in [9.17, 15) is 0 Å². The summed E-state index contributed by atoms with van der Waals surface area (Å²) in [5.41, 5.74) is 7.44. The summed E-state index contributed by atoms with van der Waals surface area (Å²) >= 11 is 0. The summed E-state index contributed by atoms with van der Waals surface area (Å²) in [5.74, 6) is 0.819. The summed E-state index contributed by atoms with van der Waals surface area (Å²) in [6.45, 7) is 3.72. The summed E-state index contributed by atoms with van der Waals surface area (Å²) in [7, 11) is 0. The molecule has 2 heterocycles. The zero-order chi connectivity index (χ0) is 6.27. The van der Waals surface area contributed by atoms with Crippen LogP contribution in [0.5, 0.6) is 0 Å². The van der Waals surface area contributed by atoms with Gasteiger partial charge in [0.25, 0.3) is 0 Å². The lowest BCUT2D eigenvalue weighted by Crippen LogP contribution is -2.10. The van der Waals surface area contributed by atoms with E-state index >= 15 is 0 Å². The zero-order valence-electron chi connectivity index (χ0n) is 4.73. The molecule has 3 N–H and O–H groups in total. The average molecular weight is 122 g/mol. The molecule has 9 heavy (non-hydrogen) atoms. The predicted octanol–water partition coefficient (Wildman–Crippen LogP) is 0.311. The smallest absolute Gasteiger partial charge is 0.172 e. The normalized spacial score (nSPS) is 14.4. The molecule has 1 aromatic heterocycles. The molecule has 0 spiro atoms. The van der Waals surface area contributed by atoms with Crippen LogP contribution in [0.2, 0.25) is 0 Å². The van der Waals surface area contributed by atoms with Crippen molar-refractivity contribution in [3.63, 3.8) is 0 Å². The van der Waals surface area contributed by atoms with Crippen molar-refractivity contribution in [2.75, 3.05) is 5.43 Å². The highest BCUT2D eigenvalue weighted by Crippen LogP contribution is 2.20. The molecule has 1 aliphatic heterocycles. The molecule has 0 aliphatic carbocycles. The Morgan fingerprint density at radius 3 is 3.11 bits per heavy atom. The number of rotatable bonds is 0. The standard InChI is InChI=1S/C5H6N4/c1-3-4-5(9-8-3)7-2-6-4/h2,8-9H,1H2,(H,6,7). The van der Waals surface area contributed by atoms with Gasteiger partial charge in [0.2, 0.25) is 0 Å². The highest BCUT2D eigenvalue weighted by atomic mass is 15.4. The van der Waals surface area contributed by atoms with E-state index in [-0.39, 0.29) is 0 Å². The van der Waals surface area contributed by atoms with Crippen LogP contribution < -0.4 is 10.9 Å². The molecule has 0 amide bonds. The van der Waals surface area contributed by atoms with E-state index in [0.29, 0.717) is 0 Å². The van der Waals surface area contributed by atoms with Crippen molar-refractivity contribution in [1.82, 2.24) is 15.4 Å². The molecule has 4 nitrogen and oxygen atoms in total. The minimum Gasteiger partial charge on any atom is -0.341 e. The van der Waals surface area contributed by atoms with Crippen molar-refractivity contribution in [2.45, 2.75) is 0 Å². The van der Waals surface area contributed by atoms with Gasteiger partial charge in [-0.1, -0.05) is 6.58 Å². The molecule has 0 saturated heterocycles. The first-order chi connectivity index (χ1) is 4.38. The van der Waals surface area contributed by atoms with Crippen LogP contribution in [-0.2, 0) is 0 Å². The van der Waals surface area contributed by atoms with Gasteiger partial charge in [-0.25, -0.2) is 4.98 Å². The van der Waals surface area contributed by atoms with Gasteiger partial charge >= 0.3 is 0 Å². The topological polar surface area (TPSA) is 52.7 Å². The summed E-state index contributed by atoms with van der Waals surface area (Å²) < 4.78 is 0. The monoisotopic (exact) mass is 122 g/mol. The molecule has 0 atom stereocenters. The van der Waals surface area contributed by atoms with Crippen LogP contribution in [0.1, 0.15) is 5.69 Å². The Labute approximate surface area is 52.0 Å². The molecular formula is C5H6N4. The van der Waals surface area contributed by atoms with Crippen LogP contribution in [0.3, 0.4) is 0 Å². The van der Waals surface area contributed by atoms with E-state index in [1.165, 1.54) is 0 Å². The Bertz CT molecular complexity index is 249. The van der Waals surface area contributed by atoms with E-state index < -0.39 is 0 Å². The quantitative estimate of drug-likeness (QED) is 0.464. The molecule has 0 radical (unpaired) electrons. The van der Waals surface area contributed by atoms with Gasteiger partial charge in [-0.3, -0.25) is 10.9 Å². The largest absolute Gasteiger partial charge is 0.341 e. The van der Waals surface area contributed by atoms with E-state index in [4.69, 9.17) is 0 Å². The number of H-pyrrole nitrogens is 1. The lowest BCUT2D eigenvalue weighted by Gasteiger charge is -1.92. The average Bonchev–Trinajstić information content (AvgIpc) is 2.35. The van der Waals surface area contributed by atoms with Gasteiger partial charge in [0, 0.05) is 0 Å². The van der Waals surface area contributed by atoms with Gasteiger partial charge in [0.15, 0.2) is 5.82 Å². The predicted molar refractivity (Wildman–Crippen MR) is 34.4 cm³/mol. The number of anilines is 1. The van der Waals surface area contributed by atoms with Crippen LogP contribution in [0.15, 0.2) is 12.9 Å². The number of fused-ring (bicyclic) bond motifs is 1. The van der Waals surface area contributed by atoms with Gasteiger partial charge in [-0.2, -0.15) is 0 Å². The molecule has 0 unspecified atom stereocenters. The fourth-order valence-electron chi connectivity index (χ4n) is 0.816. The molecule has 0 fully saturated rings. The second-order valence-electron chi connectivity index (χ2n) is 1.85. The maximum absolute atomic E-state index is 3.96. The van der Waals surface area contributed by atoms with E-state index in [1.54, 1.807) is 6.33 Å². The number of hydrogen-bond donors (Lipinski definition) is 3. The summed E-state index contributed by atoms with van der Waals surface area (Å²) in [6.07, 6.45) is 1.63. The highest BCUT2D eigenvalue weighted by molar-refractivity contribution is 5.74. The summed E-state index contributed by atoms with van der Waals surface area (Å²) in [4.78, 5) is 6.89. The molecule has 2 rings (SSSR count). The number of hydrazine groups is 1. The number of aromatic amines is 1. The van der Waals surface area contributed by atoms with E-state index in [0.717, 1.165) is 17.2 Å². The number of nitrogens with one attached hydrogen (secondary N) is 3. The van der Waals surface area contributed by atoms with Crippen molar-refractivity contribution in [3.05, 3.63) is 18.6 Å². The maximum Gasteiger partial charge on any atom is 0.172 e. The van der Waals surface area contributed by atoms with Crippen LogP contribution >= 0.6 is 0 Å². The minimum atomic E-state index is 0.819. The molecule has 0 aromatic carbocycles. The molecule has 46 valence electrons. The Kier molecular flexibility index (Phi) is 0.631. The van der Waals surface area contributed by atoms with Gasteiger partial charge in [-0.05, 0) is 0 Å². The SMILES string of the molecule is C=C1NNc2nc[nH]c21. The van der Waals surface area contributed by atoms with E-state index in [2.05, 4.69) is 27.4 Å². The van der Waals surface area contributed by atoms with Crippen molar-refractivity contribution < 1.29 is 0 Å². The van der Waals surface area contributed by atoms with E-state index in [1.807, 2.05) is 0 Å². The summed E-state index contributed by atoms with van der Waals surface area (Å²) in [5, 5.41) is 0. The van der Waals surface area contributed by atoms with Gasteiger partial charge in [-0.15, -0.1) is 0 Å². The van der Waals surface area contributed by atoms with Crippen LogP contribution in [0.4, 0.5) is 5.82 Å². The molecule has 1 aliphatic rings. The second-order valence-corrected chi connectivity index (χ2v) is 1.85. The second kappa shape index (κ2) is 1.28. The van der Waals surface area contributed by atoms with Gasteiger partial charge in [0.05, 0.1) is 12.0 Å². The molecular weight excluding hydrogens is 116 g/mol. The number of imidazole rings is 1. The van der Waals surface area contributed by atoms with Crippen LogP contribution in [0, 0.1) is 0 Å². The van der Waals surface area contributed by atoms with Crippen molar-refractivity contribution in [1.29, 1.82) is 0 Å². The molecule has 4 heteroatoms. The lowest BCUT2D eigenvalue weighted by atomic mass is 10.4. The number of hydrogen-bond acceptors (Lipinski definition) is 3. The Morgan fingerprint density at radius 2 is 2.33 bits per heavy atom. The number of aromatic nitrogens is 2. The Morgan fingerprint density at radius 1 is 1.44 bits per heavy atom. The first kappa shape index (κ1) is 4.43. The van der Waals surface area contributed by atoms with Crippen molar-refractivity contribution in [3.8, 4) is 0 Å². The lowest BCUT2D eigenvalue weighted by molar-refractivity contribution is 1.10. The molecule has 0 bridgehead atoms. The molecule has 1 aromatic rings. The number of nitrogens with zero attached hydrogens (tertiary/aromatic N) is 1.